The fraction of sp³-hybridized carbons (Fsp3) is 0.543. The van der Waals surface area contributed by atoms with Gasteiger partial charge in [0.15, 0.2) is 6.20 Å². The molecule has 3 aromatic heterocycles. The number of aryl methyl sites for hydroxylation is 5. The molecule has 0 aliphatic heterocycles. The van der Waals surface area contributed by atoms with E-state index in [0.717, 1.165) is 0 Å². The third-order valence-electron chi connectivity index (χ3n) is 6.00. The number of imidazole rings is 2. The SMILES string of the molecule is C.C.CC.CC.COC(C)=O.Cc1c(C)[n+](C)c(C)n1C.Cc1c[n+](C)cs1.Cc1cc[c-]cc1.Cc1n(C)cc[n+]1C.[Y]. The summed E-state index contributed by atoms with van der Waals surface area (Å²) >= 11 is 1.77. The number of ether oxygens (including phenoxy) is 1. The van der Waals surface area contributed by atoms with Gasteiger partial charge < -0.3 is 4.74 Å². The van der Waals surface area contributed by atoms with Crippen LogP contribution < -0.4 is 13.7 Å². The molecule has 9 heteroatoms. The molecule has 0 fully saturated rings. The largest absolute Gasteiger partial charge is 0.469 e. The van der Waals surface area contributed by atoms with E-state index in [1.165, 1.54) is 47.5 Å². The predicted molar refractivity (Wildman–Crippen MR) is 186 cm³/mol. The molecule has 7 nitrogen and oxygen atoms in total. The molecule has 0 N–H and O–H groups in total. The van der Waals surface area contributed by atoms with Crippen molar-refractivity contribution in [2.24, 2.45) is 35.2 Å². The normalized spacial score (nSPS) is 8.11. The summed E-state index contributed by atoms with van der Waals surface area (Å²) in [6.07, 6.45) is 6.18. The van der Waals surface area contributed by atoms with E-state index < -0.39 is 0 Å². The second-order valence-electron chi connectivity index (χ2n) is 8.80. The van der Waals surface area contributed by atoms with Gasteiger partial charge in [0.05, 0.1) is 40.2 Å². The van der Waals surface area contributed by atoms with Crippen LogP contribution in [0.4, 0.5) is 0 Å². The number of hydrogen-bond donors (Lipinski definition) is 0. The quantitative estimate of drug-likeness (QED) is 0.111. The van der Waals surface area contributed by atoms with E-state index in [9.17, 15) is 4.79 Å². The number of aromatic nitrogens is 5. The van der Waals surface area contributed by atoms with Gasteiger partial charge in [0, 0.05) is 67.3 Å². The van der Waals surface area contributed by atoms with E-state index >= 15 is 0 Å². The summed E-state index contributed by atoms with van der Waals surface area (Å²) in [4.78, 5) is 11.0. The van der Waals surface area contributed by atoms with Gasteiger partial charge in [0.2, 0.25) is 5.51 Å². The van der Waals surface area contributed by atoms with Gasteiger partial charge in [0.1, 0.15) is 30.8 Å². The van der Waals surface area contributed by atoms with Gasteiger partial charge in [-0.3, -0.25) is 4.79 Å². The number of rotatable bonds is 0. The molecular formula is C35H67N5O2SY+2. The summed E-state index contributed by atoms with van der Waals surface area (Å²) in [5, 5.41) is 0. The number of thiazole rings is 1. The van der Waals surface area contributed by atoms with Gasteiger partial charge in [-0.15, -0.1) is 0 Å². The van der Waals surface area contributed by atoms with Crippen molar-refractivity contribution in [3.63, 3.8) is 0 Å². The van der Waals surface area contributed by atoms with Gasteiger partial charge in [-0.05, 0) is 6.92 Å². The molecule has 0 unspecified atom stereocenters. The number of carbonyl (C=O) groups is 1. The molecule has 3 heterocycles. The van der Waals surface area contributed by atoms with E-state index in [4.69, 9.17) is 0 Å². The van der Waals surface area contributed by atoms with Crippen LogP contribution in [0.25, 0.3) is 0 Å². The zero-order valence-electron chi connectivity index (χ0n) is 29.7. The summed E-state index contributed by atoms with van der Waals surface area (Å²) in [6.45, 7) is 22.0. The Balaban J connectivity index is -0.0000000993. The van der Waals surface area contributed by atoms with Gasteiger partial charge in [-0.2, -0.15) is 40.5 Å². The van der Waals surface area contributed by atoms with Crippen LogP contribution in [0.5, 0.6) is 0 Å². The van der Waals surface area contributed by atoms with Crippen molar-refractivity contribution in [1.29, 1.82) is 0 Å². The van der Waals surface area contributed by atoms with Crippen molar-refractivity contribution >= 4 is 17.3 Å². The first kappa shape index (κ1) is 54.3. The third-order valence-corrected chi connectivity index (χ3v) is 6.91. The average molecular weight is 711 g/mol. The Bertz CT molecular complexity index is 1100. The van der Waals surface area contributed by atoms with E-state index in [1.54, 1.807) is 11.3 Å². The molecular weight excluding hydrogens is 643 g/mol. The molecule has 44 heavy (non-hydrogen) atoms. The van der Waals surface area contributed by atoms with Gasteiger partial charge >= 0.3 is 5.97 Å². The second-order valence-corrected chi connectivity index (χ2v) is 9.90. The zero-order chi connectivity index (χ0) is 32.7. The molecule has 0 atom stereocenters. The maximum Gasteiger partial charge on any atom is 0.302 e. The summed E-state index contributed by atoms with van der Waals surface area (Å²) in [5.41, 5.74) is 6.06. The second kappa shape index (κ2) is 32.2. The fourth-order valence-electron chi connectivity index (χ4n) is 2.84. The van der Waals surface area contributed by atoms with E-state index in [2.05, 4.69) is 101 Å². The van der Waals surface area contributed by atoms with Crippen LogP contribution in [-0.2, 0) is 77.5 Å². The van der Waals surface area contributed by atoms with Crippen LogP contribution in [0.2, 0.25) is 0 Å². The topological polar surface area (TPSA) is 47.8 Å². The maximum atomic E-state index is 9.59. The van der Waals surface area contributed by atoms with Crippen LogP contribution in [-0.4, -0.2) is 22.2 Å². The monoisotopic (exact) mass is 710 g/mol. The summed E-state index contributed by atoms with van der Waals surface area (Å²) < 4.78 is 14.7. The van der Waals surface area contributed by atoms with Gasteiger partial charge in [-0.1, -0.05) is 60.8 Å². The molecule has 0 bridgehead atoms. The number of carbonyl (C=O) groups excluding carboxylic acids is 1. The Labute approximate surface area is 301 Å². The predicted octanol–water partition coefficient (Wildman–Crippen LogP) is 7.11. The average Bonchev–Trinajstić information content (AvgIpc) is 3.56. The Kier molecular flexibility index (Phi) is 39.8. The van der Waals surface area contributed by atoms with Crippen molar-refractivity contribution < 1.29 is 55.9 Å². The Hall–Kier alpha value is -2.16. The van der Waals surface area contributed by atoms with Crippen molar-refractivity contribution in [3.8, 4) is 0 Å². The minimum atomic E-state index is -0.245. The molecule has 4 aromatic rings. The first-order valence-corrected chi connectivity index (χ1v) is 14.9. The Morgan fingerprint density at radius 3 is 1.45 bits per heavy atom. The van der Waals surface area contributed by atoms with E-state index in [-0.39, 0.29) is 53.5 Å². The Morgan fingerprint density at radius 2 is 1.34 bits per heavy atom. The molecule has 0 saturated carbocycles. The minimum absolute atomic E-state index is 0. The van der Waals surface area contributed by atoms with Crippen molar-refractivity contribution in [2.75, 3.05) is 7.11 Å². The first-order chi connectivity index (χ1) is 19.2. The number of nitrogens with zero attached hydrogens (tertiary/aromatic N) is 5. The molecule has 1 radical (unpaired) electrons. The Morgan fingerprint density at radius 1 is 0.886 bits per heavy atom. The standard InChI is InChI=1S/C8H15N2.C7H7.C6H11N2.C5H8NS.C3H6O2.2C2H6.2CH4.Y/c1-6-7(2)10(5)8(3)9(6)4;1-7-5-3-2-4-6-7;1-6-7(2)4-5-8(6)3;1-5-3-6(2)4-7-5;1-3(4)5-2;2*1-2;;;/h1-5H3;3-6H,1H3;4-5H,1-3H3;3-4H,1-2H3;1-2H3;2*1-2H3;2*1H4;/q+1;-1;2*+1;;;;;;. The third kappa shape index (κ3) is 24.2. The van der Waals surface area contributed by atoms with Crippen molar-refractivity contribution in [3.05, 3.63) is 87.9 Å². The van der Waals surface area contributed by atoms with Crippen LogP contribution in [0.1, 0.15) is 82.9 Å². The molecule has 4 rings (SSSR count). The summed E-state index contributed by atoms with van der Waals surface area (Å²) in [7, 11) is 11.6. The number of methoxy groups -OCH3 is 1. The zero-order valence-corrected chi connectivity index (χ0v) is 33.3. The van der Waals surface area contributed by atoms with Crippen LogP contribution in [0, 0.1) is 47.6 Å². The first-order valence-electron chi connectivity index (χ1n) is 14.1. The summed E-state index contributed by atoms with van der Waals surface area (Å²) in [6, 6.07) is 10.8. The number of benzene rings is 1. The van der Waals surface area contributed by atoms with Crippen LogP contribution in [0.3, 0.4) is 0 Å². The molecule has 0 spiro atoms. The molecule has 0 aliphatic carbocycles. The van der Waals surface area contributed by atoms with Crippen LogP contribution in [0.15, 0.2) is 48.4 Å². The molecule has 1 aromatic carbocycles. The van der Waals surface area contributed by atoms with E-state index in [0.29, 0.717) is 0 Å². The molecule has 0 amide bonds. The van der Waals surface area contributed by atoms with Gasteiger partial charge in [0.25, 0.3) is 11.6 Å². The smallest absolute Gasteiger partial charge is 0.302 e. The maximum absolute atomic E-state index is 9.59. The van der Waals surface area contributed by atoms with Crippen molar-refractivity contribution in [1.82, 2.24) is 9.13 Å². The summed E-state index contributed by atoms with van der Waals surface area (Å²) in [5.74, 6) is 2.32. The van der Waals surface area contributed by atoms with Gasteiger partial charge in [-0.25, -0.2) is 18.3 Å². The van der Waals surface area contributed by atoms with E-state index in [1.807, 2.05) is 85.5 Å². The molecule has 251 valence electrons. The molecule has 0 saturated heterocycles. The van der Waals surface area contributed by atoms with Crippen LogP contribution >= 0.6 is 11.3 Å². The number of hydrogen-bond acceptors (Lipinski definition) is 3. The number of esters is 1. The fourth-order valence-corrected chi connectivity index (χ4v) is 3.47. The molecule has 0 aliphatic rings. The van der Waals surface area contributed by atoms with Crippen molar-refractivity contribution in [2.45, 2.75) is 91.0 Å². The minimum Gasteiger partial charge on any atom is -0.469 e.